The van der Waals surface area contributed by atoms with Crippen molar-refractivity contribution in [3.05, 3.63) is 78.4 Å². The Hall–Kier alpha value is -4.20. The van der Waals surface area contributed by atoms with E-state index in [0.717, 1.165) is 39.3 Å². The zero-order valence-corrected chi connectivity index (χ0v) is 18.4. The van der Waals surface area contributed by atoms with Crippen LogP contribution in [0.4, 0.5) is 17.2 Å². The molecule has 33 heavy (non-hydrogen) atoms. The molecule has 0 fully saturated rings. The number of aliphatic imine (C=N–C) groups is 1. The van der Waals surface area contributed by atoms with Crippen LogP contribution in [0.15, 0.2) is 72.1 Å². The first kappa shape index (κ1) is 20.7. The maximum Gasteiger partial charge on any atom is 0.289 e. The maximum atomic E-state index is 5.94. The highest BCUT2D eigenvalue weighted by atomic mass is 16.5. The van der Waals surface area contributed by atoms with Crippen molar-refractivity contribution in [2.75, 3.05) is 17.2 Å². The summed E-state index contributed by atoms with van der Waals surface area (Å²) in [4.78, 5) is 17.6. The fraction of sp³-hybridized carbons (Fsp3) is 0.200. The molecule has 8 nitrogen and oxygen atoms in total. The van der Waals surface area contributed by atoms with Gasteiger partial charge in [0.25, 0.3) is 6.02 Å². The minimum atomic E-state index is 0.160. The summed E-state index contributed by atoms with van der Waals surface area (Å²) < 4.78 is 11.5. The number of anilines is 3. The first-order valence-corrected chi connectivity index (χ1v) is 10.8. The van der Waals surface area contributed by atoms with Gasteiger partial charge >= 0.3 is 0 Å². The van der Waals surface area contributed by atoms with Crippen molar-refractivity contribution in [2.24, 2.45) is 4.99 Å². The van der Waals surface area contributed by atoms with Crippen molar-refractivity contribution in [3.63, 3.8) is 0 Å². The van der Waals surface area contributed by atoms with Crippen molar-refractivity contribution >= 4 is 34.1 Å². The van der Waals surface area contributed by atoms with E-state index in [0.29, 0.717) is 25.1 Å². The molecule has 1 aliphatic heterocycles. The van der Waals surface area contributed by atoms with Crippen LogP contribution in [0.3, 0.4) is 0 Å². The highest BCUT2D eigenvalue weighted by Gasteiger charge is 2.15. The van der Waals surface area contributed by atoms with Crippen LogP contribution in [0.2, 0.25) is 0 Å². The summed E-state index contributed by atoms with van der Waals surface area (Å²) in [6.07, 6.45) is 3.32. The summed E-state index contributed by atoms with van der Waals surface area (Å²) in [7, 11) is 0. The molecule has 0 radical (unpaired) electrons. The number of hydrogen-bond acceptors (Lipinski definition) is 8. The minimum Gasteiger partial charge on any atom is -0.487 e. The third-order valence-corrected chi connectivity index (χ3v) is 5.22. The second-order valence-electron chi connectivity index (χ2n) is 7.89. The van der Waals surface area contributed by atoms with Gasteiger partial charge in [0.05, 0.1) is 17.3 Å². The van der Waals surface area contributed by atoms with Gasteiger partial charge in [-0.2, -0.15) is 0 Å². The lowest BCUT2D eigenvalue weighted by Gasteiger charge is -2.13. The summed E-state index contributed by atoms with van der Waals surface area (Å²) in [6.45, 7) is 5.05. The van der Waals surface area contributed by atoms with Crippen molar-refractivity contribution in [3.8, 4) is 5.75 Å². The number of benzene rings is 2. The zero-order chi connectivity index (χ0) is 22.6. The Bertz CT molecular complexity index is 1310. The molecule has 1 aliphatic rings. The van der Waals surface area contributed by atoms with Crippen LogP contribution in [0.1, 0.15) is 18.2 Å². The van der Waals surface area contributed by atoms with Crippen LogP contribution in [0.5, 0.6) is 5.75 Å². The molecule has 0 saturated heterocycles. The summed E-state index contributed by atoms with van der Waals surface area (Å²) in [6, 6.07) is 18.3. The zero-order valence-electron chi connectivity index (χ0n) is 18.4. The Labute approximate surface area is 191 Å². The molecule has 0 aliphatic carbocycles. The molecule has 0 spiro atoms. The van der Waals surface area contributed by atoms with Crippen LogP contribution >= 0.6 is 0 Å². The van der Waals surface area contributed by atoms with Crippen molar-refractivity contribution in [1.29, 1.82) is 0 Å². The molecular formula is C25H24N6O2. The summed E-state index contributed by atoms with van der Waals surface area (Å²) in [5.74, 6) is 1.53. The van der Waals surface area contributed by atoms with Crippen LogP contribution in [-0.2, 0) is 11.3 Å². The van der Waals surface area contributed by atoms with Gasteiger partial charge in [0, 0.05) is 23.0 Å². The lowest BCUT2D eigenvalue weighted by molar-refractivity contribution is 0.299. The van der Waals surface area contributed by atoms with Crippen LogP contribution in [0.25, 0.3) is 10.9 Å². The van der Waals surface area contributed by atoms with E-state index in [1.165, 1.54) is 0 Å². The van der Waals surface area contributed by atoms with E-state index in [1.807, 2.05) is 68.4 Å². The van der Waals surface area contributed by atoms with Crippen molar-refractivity contribution in [1.82, 2.24) is 15.0 Å². The second kappa shape index (κ2) is 9.12. The average Bonchev–Trinajstić information content (AvgIpc) is 3.24. The molecule has 0 saturated carbocycles. The molecule has 0 bridgehead atoms. The normalized spacial score (nSPS) is 15.1. The van der Waals surface area contributed by atoms with E-state index in [9.17, 15) is 0 Å². The molecule has 3 heterocycles. The van der Waals surface area contributed by atoms with Gasteiger partial charge in [-0.15, -0.1) is 0 Å². The highest BCUT2D eigenvalue weighted by Crippen LogP contribution is 2.29. The average molecular weight is 441 g/mol. The summed E-state index contributed by atoms with van der Waals surface area (Å²) in [5.41, 5.74) is 4.52. The number of aryl methyl sites for hydroxylation is 1. The van der Waals surface area contributed by atoms with Crippen LogP contribution in [-0.4, -0.2) is 33.6 Å². The molecule has 4 aromatic rings. The van der Waals surface area contributed by atoms with Gasteiger partial charge in [0.1, 0.15) is 31.1 Å². The number of fused-ring (bicyclic) bond motifs is 1. The topological polar surface area (TPSA) is 93.6 Å². The van der Waals surface area contributed by atoms with Crippen LogP contribution in [0, 0.1) is 6.92 Å². The lowest BCUT2D eigenvalue weighted by Crippen LogP contribution is -2.11. The Balaban J connectivity index is 1.34. The first-order chi connectivity index (χ1) is 16.1. The molecule has 166 valence electrons. The van der Waals surface area contributed by atoms with E-state index >= 15 is 0 Å². The molecule has 8 heteroatoms. The minimum absolute atomic E-state index is 0.160. The Morgan fingerprint density at radius 3 is 2.67 bits per heavy atom. The monoisotopic (exact) mass is 440 g/mol. The summed E-state index contributed by atoms with van der Waals surface area (Å²) in [5, 5.41) is 7.52. The smallest absolute Gasteiger partial charge is 0.289 e. The predicted octanol–water partition coefficient (Wildman–Crippen LogP) is 4.84. The summed E-state index contributed by atoms with van der Waals surface area (Å²) >= 11 is 0. The first-order valence-electron chi connectivity index (χ1n) is 10.8. The Morgan fingerprint density at radius 1 is 1.00 bits per heavy atom. The van der Waals surface area contributed by atoms with Gasteiger partial charge in [-0.1, -0.05) is 6.07 Å². The van der Waals surface area contributed by atoms with E-state index in [2.05, 4.69) is 30.6 Å². The van der Waals surface area contributed by atoms with Gasteiger partial charge in [0.2, 0.25) is 0 Å². The Morgan fingerprint density at radius 2 is 1.88 bits per heavy atom. The SMILES string of the molecule is Cc1cc(Nc2ncnc3ccc(NC4=NC(C)CO4)cc23)ccc1OCc1ccccn1. The van der Waals surface area contributed by atoms with Gasteiger partial charge < -0.3 is 20.1 Å². The number of hydrogen-bond donors (Lipinski definition) is 2. The van der Waals surface area contributed by atoms with Crippen molar-refractivity contribution < 1.29 is 9.47 Å². The van der Waals surface area contributed by atoms with E-state index < -0.39 is 0 Å². The Kier molecular flexibility index (Phi) is 5.72. The van der Waals surface area contributed by atoms with E-state index in [1.54, 1.807) is 12.5 Å². The second-order valence-corrected chi connectivity index (χ2v) is 7.89. The number of amidine groups is 1. The fourth-order valence-corrected chi connectivity index (χ4v) is 3.56. The highest BCUT2D eigenvalue weighted by molar-refractivity contribution is 5.97. The molecule has 2 aromatic heterocycles. The number of nitrogens with one attached hydrogen (secondary N) is 2. The standard InChI is InChI=1S/C25H24N6O2/c1-16-11-18(7-9-23(16)32-14-20-5-3-4-10-26-20)30-24-21-12-19(6-8-22(21)27-15-28-24)31-25-29-17(2)13-33-25/h3-12,15,17H,13-14H2,1-2H3,(H,29,31)(H,27,28,30). The molecule has 0 amide bonds. The number of rotatable bonds is 6. The lowest BCUT2D eigenvalue weighted by atomic mass is 10.1. The molecule has 1 atom stereocenters. The molecule has 5 rings (SSSR count). The van der Waals surface area contributed by atoms with Gasteiger partial charge in [-0.25, -0.2) is 15.0 Å². The van der Waals surface area contributed by atoms with Gasteiger partial charge in [-0.3, -0.25) is 4.98 Å². The molecule has 2 aromatic carbocycles. The van der Waals surface area contributed by atoms with Gasteiger partial charge in [0.15, 0.2) is 0 Å². The third-order valence-electron chi connectivity index (χ3n) is 5.22. The van der Waals surface area contributed by atoms with Crippen LogP contribution < -0.4 is 15.4 Å². The fourth-order valence-electron chi connectivity index (χ4n) is 3.56. The maximum absolute atomic E-state index is 5.94. The number of ether oxygens (including phenoxy) is 2. The molecule has 1 unspecified atom stereocenters. The largest absolute Gasteiger partial charge is 0.487 e. The van der Waals surface area contributed by atoms with E-state index in [4.69, 9.17) is 9.47 Å². The quantitative estimate of drug-likeness (QED) is 0.443. The number of pyridine rings is 1. The predicted molar refractivity (Wildman–Crippen MR) is 129 cm³/mol. The molecule has 2 N–H and O–H groups in total. The van der Waals surface area contributed by atoms with Crippen molar-refractivity contribution in [2.45, 2.75) is 26.5 Å². The van der Waals surface area contributed by atoms with Gasteiger partial charge in [-0.05, 0) is 67.9 Å². The third kappa shape index (κ3) is 4.85. The van der Waals surface area contributed by atoms with E-state index in [-0.39, 0.29) is 6.04 Å². The molecular weight excluding hydrogens is 416 g/mol. The number of aromatic nitrogens is 3. The number of nitrogens with zero attached hydrogens (tertiary/aromatic N) is 4.